The SMILES string of the molecule is CCOc1ccc(C(C)=O)cc1N1C(=O)[C@@H]2[C@@H](C1=O)[C@H]1C=C[C@H]2C1=C(c1ccc(C)cc1)c1ccc(C)cc1. The summed E-state index contributed by atoms with van der Waals surface area (Å²) < 4.78 is 5.78. The third kappa shape index (κ3) is 3.95. The van der Waals surface area contributed by atoms with Gasteiger partial charge in [-0.25, -0.2) is 4.90 Å². The number of imide groups is 1. The maximum atomic E-state index is 14.1. The molecule has 0 spiro atoms. The van der Waals surface area contributed by atoms with Gasteiger partial charge in [0.15, 0.2) is 5.78 Å². The predicted molar refractivity (Wildman–Crippen MR) is 152 cm³/mol. The minimum Gasteiger partial charge on any atom is -0.492 e. The summed E-state index contributed by atoms with van der Waals surface area (Å²) in [5.74, 6) is -1.48. The van der Waals surface area contributed by atoms with E-state index in [2.05, 4.69) is 74.5 Å². The molecular weight excluding hydrogens is 486 g/mol. The fraction of sp³-hybridized carbons (Fsp3) is 0.265. The fourth-order valence-electron chi connectivity index (χ4n) is 6.46. The van der Waals surface area contributed by atoms with Crippen LogP contribution in [0.1, 0.15) is 46.5 Å². The van der Waals surface area contributed by atoms with Crippen LogP contribution in [0.3, 0.4) is 0 Å². The molecule has 5 heteroatoms. The lowest BCUT2D eigenvalue weighted by Crippen LogP contribution is -2.34. The lowest BCUT2D eigenvalue weighted by molar-refractivity contribution is -0.123. The van der Waals surface area contributed by atoms with Gasteiger partial charge in [-0.05, 0) is 68.2 Å². The van der Waals surface area contributed by atoms with Gasteiger partial charge in [-0.15, -0.1) is 0 Å². The highest BCUT2D eigenvalue weighted by Crippen LogP contribution is 2.59. The number of aryl methyl sites for hydroxylation is 2. The number of Topliss-reactive ketones (excluding diaryl/α,β-unsaturated/α-hetero) is 1. The number of fused-ring (bicyclic) bond motifs is 5. The molecule has 4 atom stereocenters. The number of anilines is 1. The number of carbonyl (C=O) groups excluding carboxylic acids is 3. The molecule has 1 heterocycles. The van der Waals surface area contributed by atoms with E-state index < -0.39 is 11.8 Å². The zero-order valence-electron chi connectivity index (χ0n) is 22.6. The van der Waals surface area contributed by atoms with Crippen molar-refractivity contribution >= 4 is 28.9 Å². The molecule has 0 aromatic heterocycles. The second-order valence-corrected chi connectivity index (χ2v) is 10.7. The van der Waals surface area contributed by atoms with E-state index in [-0.39, 0.29) is 29.4 Å². The molecule has 0 unspecified atom stereocenters. The Kier molecular flexibility index (Phi) is 6.10. The highest BCUT2D eigenvalue weighted by molar-refractivity contribution is 6.24. The zero-order valence-corrected chi connectivity index (χ0v) is 22.6. The number of carbonyl (C=O) groups is 3. The van der Waals surface area contributed by atoms with Crippen molar-refractivity contribution in [2.75, 3.05) is 11.5 Å². The van der Waals surface area contributed by atoms with Crippen LogP contribution in [-0.2, 0) is 9.59 Å². The van der Waals surface area contributed by atoms with Crippen LogP contribution in [0.5, 0.6) is 5.75 Å². The van der Waals surface area contributed by atoms with Gasteiger partial charge in [-0.1, -0.05) is 71.8 Å². The van der Waals surface area contributed by atoms with Crippen molar-refractivity contribution in [2.24, 2.45) is 23.7 Å². The van der Waals surface area contributed by atoms with E-state index in [0.717, 1.165) is 22.3 Å². The summed E-state index contributed by atoms with van der Waals surface area (Å²) in [4.78, 5) is 41.5. The minimum absolute atomic E-state index is 0.133. The Morgan fingerprint density at radius 2 is 1.26 bits per heavy atom. The molecule has 5 nitrogen and oxygen atoms in total. The molecule has 2 bridgehead atoms. The van der Waals surface area contributed by atoms with E-state index in [1.54, 1.807) is 18.2 Å². The molecule has 3 aromatic carbocycles. The largest absolute Gasteiger partial charge is 0.492 e. The number of hydrogen-bond donors (Lipinski definition) is 0. The number of hydrogen-bond acceptors (Lipinski definition) is 4. The summed E-state index contributed by atoms with van der Waals surface area (Å²) in [5, 5.41) is 0. The van der Waals surface area contributed by atoms with Gasteiger partial charge in [0.25, 0.3) is 0 Å². The third-order valence-electron chi connectivity index (χ3n) is 8.29. The van der Waals surface area contributed by atoms with Gasteiger partial charge in [0, 0.05) is 17.4 Å². The molecule has 6 rings (SSSR count). The number of rotatable bonds is 6. The van der Waals surface area contributed by atoms with Crippen LogP contribution in [0, 0.1) is 37.5 Å². The average molecular weight is 518 g/mol. The zero-order chi connectivity index (χ0) is 27.4. The molecule has 2 aliphatic carbocycles. The summed E-state index contributed by atoms with van der Waals surface area (Å²) in [6.07, 6.45) is 4.21. The normalized spacial score (nSPS) is 23.0. The summed E-state index contributed by atoms with van der Waals surface area (Å²) in [5.41, 5.74) is 7.56. The highest BCUT2D eigenvalue weighted by atomic mass is 16.5. The number of allylic oxidation sites excluding steroid dienone is 3. The summed E-state index contributed by atoms with van der Waals surface area (Å²) >= 11 is 0. The highest BCUT2D eigenvalue weighted by Gasteiger charge is 2.62. The first-order chi connectivity index (χ1) is 18.8. The van der Waals surface area contributed by atoms with E-state index in [4.69, 9.17) is 4.74 Å². The number of nitrogens with zero attached hydrogens (tertiary/aromatic N) is 1. The second kappa shape index (κ2) is 9.49. The van der Waals surface area contributed by atoms with E-state index in [9.17, 15) is 14.4 Å². The van der Waals surface area contributed by atoms with E-state index in [0.29, 0.717) is 23.6 Å². The molecular formula is C34H31NO4. The predicted octanol–water partition coefficient (Wildman–Crippen LogP) is 6.33. The van der Waals surface area contributed by atoms with Crippen LogP contribution < -0.4 is 9.64 Å². The molecule has 39 heavy (non-hydrogen) atoms. The van der Waals surface area contributed by atoms with Crippen molar-refractivity contribution in [1.82, 2.24) is 0 Å². The molecule has 196 valence electrons. The minimum atomic E-state index is -0.483. The quantitative estimate of drug-likeness (QED) is 0.218. The maximum Gasteiger partial charge on any atom is 0.238 e. The number of amides is 2. The number of benzene rings is 3. The number of ether oxygens (including phenoxy) is 1. The Hall–Kier alpha value is -4.25. The lowest BCUT2D eigenvalue weighted by atomic mass is 9.85. The average Bonchev–Trinajstić information content (AvgIpc) is 3.56. The summed E-state index contributed by atoms with van der Waals surface area (Å²) in [6.45, 7) is 7.84. The van der Waals surface area contributed by atoms with Gasteiger partial charge < -0.3 is 4.74 Å². The molecule has 3 aliphatic rings. The van der Waals surface area contributed by atoms with Crippen molar-refractivity contribution < 1.29 is 19.1 Å². The summed E-state index contributed by atoms with van der Waals surface area (Å²) in [7, 11) is 0. The molecule has 2 fully saturated rings. The molecule has 2 amide bonds. The first kappa shape index (κ1) is 25.1. The first-order valence-electron chi connectivity index (χ1n) is 13.5. The van der Waals surface area contributed by atoms with Crippen LogP contribution in [0.15, 0.2) is 84.5 Å². The Bertz CT molecular complexity index is 1480. The number of ketones is 1. The van der Waals surface area contributed by atoms with Crippen molar-refractivity contribution in [1.29, 1.82) is 0 Å². The van der Waals surface area contributed by atoms with E-state index >= 15 is 0 Å². The van der Waals surface area contributed by atoms with Crippen LogP contribution >= 0.6 is 0 Å². The smallest absolute Gasteiger partial charge is 0.238 e. The van der Waals surface area contributed by atoms with Crippen molar-refractivity contribution in [3.63, 3.8) is 0 Å². The maximum absolute atomic E-state index is 14.1. The molecule has 0 radical (unpaired) electrons. The second-order valence-electron chi connectivity index (χ2n) is 10.7. The topological polar surface area (TPSA) is 63.7 Å². The van der Waals surface area contributed by atoms with Crippen LogP contribution in [0.4, 0.5) is 5.69 Å². The van der Waals surface area contributed by atoms with Gasteiger partial charge in [0.2, 0.25) is 11.8 Å². The standard InChI is InChI=1S/C34H31NO4/c1-5-39-28-17-14-24(21(4)36)18-27(28)35-33(37)31-25-15-16-26(32(31)34(35)38)30(25)29(22-10-6-19(2)7-11-22)23-12-8-20(3)9-13-23/h6-18,25-26,31-32H,5H2,1-4H3/t25-,26-,31-,32-/m0/s1. The Balaban J connectivity index is 1.47. The van der Waals surface area contributed by atoms with Gasteiger partial charge in [-0.2, -0.15) is 0 Å². The lowest BCUT2D eigenvalue weighted by Gasteiger charge is -2.23. The van der Waals surface area contributed by atoms with Gasteiger partial charge in [0.05, 0.1) is 24.1 Å². The Morgan fingerprint density at radius 1 is 0.769 bits per heavy atom. The van der Waals surface area contributed by atoms with Crippen LogP contribution in [0.2, 0.25) is 0 Å². The molecule has 1 aliphatic heterocycles. The van der Waals surface area contributed by atoms with E-state index in [1.165, 1.54) is 23.0 Å². The Labute approximate surface area is 228 Å². The van der Waals surface area contributed by atoms with Crippen molar-refractivity contribution in [2.45, 2.75) is 27.7 Å². The summed E-state index contributed by atoms with van der Waals surface area (Å²) in [6, 6.07) is 21.9. The first-order valence-corrected chi connectivity index (χ1v) is 13.5. The van der Waals surface area contributed by atoms with Gasteiger partial charge in [-0.3, -0.25) is 14.4 Å². The van der Waals surface area contributed by atoms with Crippen molar-refractivity contribution in [3.05, 3.63) is 112 Å². The van der Waals surface area contributed by atoms with Crippen LogP contribution in [-0.4, -0.2) is 24.2 Å². The van der Waals surface area contributed by atoms with Crippen LogP contribution in [0.25, 0.3) is 5.57 Å². The third-order valence-corrected chi connectivity index (χ3v) is 8.29. The monoisotopic (exact) mass is 517 g/mol. The van der Waals surface area contributed by atoms with Gasteiger partial charge in [0.1, 0.15) is 5.75 Å². The van der Waals surface area contributed by atoms with Crippen molar-refractivity contribution in [3.8, 4) is 5.75 Å². The molecule has 0 N–H and O–H groups in total. The van der Waals surface area contributed by atoms with E-state index in [1.807, 2.05) is 6.92 Å². The Morgan fingerprint density at radius 3 is 1.72 bits per heavy atom. The van der Waals surface area contributed by atoms with Gasteiger partial charge >= 0.3 is 0 Å². The fourth-order valence-corrected chi connectivity index (χ4v) is 6.46. The molecule has 1 saturated carbocycles. The molecule has 3 aromatic rings. The molecule has 1 saturated heterocycles.